The molecule has 2 fully saturated rings. The van der Waals surface area contributed by atoms with Crippen molar-refractivity contribution >= 4 is 0 Å². The minimum atomic E-state index is -1.02. The summed E-state index contributed by atoms with van der Waals surface area (Å²) < 4.78 is 65.8. The van der Waals surface area contributed by atoms with Crippen LogP contribution in [0.3, 0.4) is 0 Å². The topological polar surface area (TPSA) is 9.23 Å². The van der Waals surface area contributed by atoms with Gasteiger partial charge in [0.25, 0.3) is 0 Å². The molecule has 0 heterocycles. The number of allylic oxidation sites excluding steroid dienone is 2. The standard InChI is InChI=1S/C38H44F4O/c1-3-5-6-24-43-34-23-22-33(37(41)38(34)42)30-18-16-29(17-19-30)32-21-20-31(35(39)36(32)40)28-14-12-27(13-15-28)26-10-8-25(7-4-2)9-11-26/h4,7,16-23,25-28H,3,5-6,8-15,24H2,1-2H3/b7-4+. The molecule has 0 aromatic heterocycles. The maximum atomic E-state index is 15.4. The zero-order valence-corrected chi connectivity index (χ0v) is 25.5. The van der Waals surface area contributed by atoms with E-state index in [0.29, 0.717) is 29.2 Å². The summed E-state index contributed by atoms with van der Waals surface area (Å²) in [5.41, 5.74) is 1.67. The molecule has 5 heteroatoms. The Morgan fingerprint density at radius 1 is 0.651 bits per heavy atom. The minimum absolute atomic E-state index is 0.0398. The molecule has 2 aliphatic carbocycles. The molecule has 0 unspecified atom stereocenters. The average Bonchev–Trinajstić information content (AvgIpc) is 3.03. The van der Waals surface area contributed by atoms with Crippen molar-refractivity contribution < 1.29 is 22.3 Å². The summed E-state index contributed by atoms with van der Waals surface area (Å²) in [5.74, 6) is -1.50. The molecule has 0 radical (unpaired) electrons. The molecule has 2 saturated carbocycles. The number of unbranched alkanes of at least 4 members (excludes halogenated alkanes) is 2. The van der Waals surface area contributed by atoms with Crippen molar-refractivity contribution in [1.29, 1.82) is 0 Å². The largest absolute Gasteiger partial charge is 0.490 e. The second-order valence-electron chi connectivity index (χ2n) is 12.5. The van der Waals surface area contributed by atoms with E-state index >= 15 is 8.78 Å². The molecule has 1 nitrogen and oxygen atoms in total. The van der Waals surface area contributed by atoms with Crippen molar-refractivity contribution in [3.05, 3.63) is 89.5 Å². The van der Waals surface area contributed by atoms with Crippen molar-refractivity contribution in [3.8, 4) is 28.0 Å². The van der Waals surface area contributed by atoms with Crippen LogP contribution < -0.4 is 4.74 Å². The normalized spacial score (nSPS) is 22.7. The van der Waals surface area contributed by atoms with E-state index < -0.39 is 23.3 Å². The smallest absolute Gasteiger partial charge is 0.201 e. The van der Waals surface area contributed by atoms with Crippen molar-refractivity contribution in [2.45, 2.75) is 90.4 Å². The Balaban J connectivity index is 1.23. The Kier molecular flexibility index (Phi) is 10.6. The van der Waals surface area contributed by atoms with E-state index in [4.69, 9.17) is 4.74 Å². The van der Waals surface area contributed by atoms with Crippen LogP contribution in [0.2, 0.25) is 0 Å². The molecule has 5 rings (SSSR count). The van der Waals surface area contributed by atoms with Crippen LogP contribution in [0.15, 0.2) is 60.7 Å². The van der Waals surface area contributed by atoms with Crippen molar-refractivity contribution in [2.24, 2.45) is 17.8 Å². The molecule has 0 atom stereocenters. The highest BCUT2D eigenvalue weighted by Gasteiger charge is 2.32. The van der Waals surface area contributed by atoms with Gasteiger partial charge in [-0.05, 0) is 117 Å². The summed E-state index contributed by atoms with van der Waals surface area (Å²) in [4.78, 5) is 0. The van der Waals surface area contributed by atoms with Gasteiger partial charge in [-0.1, -0.05) is 68.3 Å². The first-order chi connectivity index (χ1) is 20.9. The SMILES string of the molecule is C/C=C/C1CCC(C2CCC(c3ccc(-c4ccc(-c5ccc(OCCCCC)c(F)c5F)cc4)c(F)c3F)CC2)CC1. The van der Waals surface area contributed by atoms with Crippen LogP contribution in [0.25, 0.3) is 22.3 Å². The Bertz CT molecular complexity index is 1380. The quantitative estimate of drug-likeness (QED) is 0.129. The van der Waals surface area contributed by atoms with Crippen molar-refractivity contribution in [1.82, 2.24) is 0 Å². The minimum Gasteiger partial charge on any atom is -0.490 e. The Morgan fingerprint density at radius 2 is 1.21 bits per heavy atom. The van der Waals surface area contributed by atoms with Gasteiger partial charge in [0.05, 0.1) is 6.61 Å². The van der Waals surface area contributed by atoms with Crippen LogP contribution >= 0.6 is 0 Å². The molecular weight excluding hydrogens is 548 g/mol. The lowest BCUT2D eigenvalue weighted by atomic mass is 9.68. The monoisotopic (exact) mass is 592 g/mol. The second kappa shape index (κ2) is 14.6. The van der Waals surface area contributed by atoms with E-state index in [9.17, 15) is 8.78 Å². The second-order valence-corrected chi connectivity index (χ2v) is 12.5. The molecular formula is C38H44F4O. The molecule has 3 aromatic carbocycles. The highest BCUT2D eigenvalue weighted by molar-refractivity contribution is 5.72. The molecule has 230 valence electrons. The summed E-state index contributed by atoms with van der Waals surface area (Å²) in [6, 6.07) is 12.8. The first-order valence-corrected chi connectivity index (χ1v) is 16.2. The van der Waals surface area contributed by atoms with E-state index in [1.54, 1.807) is 36.4 Å². The zero-order valence-electron chi connectivity index (χ0n) is 25.5. The lowest BCUT2D eigenvalue weighted by molar-refractivity contribution is 0.170. The summed E-state index contributed by atoms with van der Waals surface area (Å²) >= 11 is 0. The van der Waals surface area contributed by atoms with Gasteiger partial charge in [0.15, 0.2) is 23.2 Å². The third-order valence-corrected chi connectivity index (χ3v) is 9.83. The molecule has 0 aliphatic heterocycles. The van der Waals surface area contributed by atoms with Crippen LogP contribution in [0.1, 0.15) is 96.0 Å². The molecule has 0 saturated heterocycles. The summed E-state index contributed by atoms with van der Waals surface area (Å²) in [5, 5.41) is 0. The van der Waals surface area contributed by atoms with Crippen molar-refractivity contribution in [3.63, 3.8) is 0 Å². The molecule has 0 bridgehead atoms. The van der Waals surface area contributed by atoms with Gasteiger partial charge in [0.2, 0.25) is 5.82 Å². The van der Waals surface area contributed by atoms with Crippen LogP contribution in [0.5, 0.6) is 5.75 Å². The van der Waals surface area contributed by atoms with Gasteiger partial charge < -0.3 is 4.74 Å². The van der Waals surface area contributed by atoms with E-state index in [1.807, 2.05) is 0 Å². The van der Waals surface area contributed by atoms with E-state index in [0.717, 1.165) is 56.8 Å². The molecule has 0 amide bonds. The Hall–Kier alpha value is -3.08. The van der Waals surface area contributed by atoms with Gasteiger partial charge in [0.1, 0.15) is 0 Å². The Labute approximate surface area is 254 Å². The van der Waals surface area contributed by atoms with Crippen LogP contribution in [0, 0.1) is 41.0 Å². The fourth-order valence-electron chi connectivity index (χ4n) is 7.31. The summed E-state index contributed by atoms with van der Waals surface area (Å²) in [6.45, 7) is 4.48. The predicted molar refractivity (Wildman–Crippen MR) is 167 cm³/mol. The molecule has 0 spiro atoms. The van der Waals surface area contributed by atoms with Gasteiger partial charge in [-0.3, -0.25) is 0 Å². The van der Waals surface area contributed by atoms with Crippen molar-refractivity contribution in [2.75, 3.05) is 6.61 Å². The molecule has 3 aromatic rings. The lowest BCUT2D eigenvalue weighted by Gasteiger charge is -2.37. The highest BCUT2D eigenvalue weighted by Crippen LogP contribution is 2.45. The van der Waals surface area contributed by atoms with Crippen LogP contribution in [0.4, 0.5) is 17.6 Å². The fourth-order valence-corrected chi connectivity index (χ4v) is 7.31. The maximum absolute atomic E-state index is 15.4. The van der Waals surface area contributed by atoms with E-state index in [1.165, 1.54) is 37.8 Å². The van der Waals surface area contributed by atoms with Gasteiger partial charge in [-0.15, -0.1) is 0 Å². The average molecular weight is 593 g/mol. The number of hydrogen-bond acceptors (Lipinski definition) is 1. The third-order valence-electron chi connectivity index (χ3n) is 9.83. The summed E-state index contributed by atoms with van der Waals surface area (Å²) in [6.07, 6.45) is 16.3. The molecule has 43 heavy (non-hydrogen) atoms. The van der Waals surface area contributed by atoms with Crippen LogP contribution in [-0.4, -0.2) is 6.61 Å². The van der Waals surface area contributed by atoms with Gasteiger partial charge >= 0.3 is 0 Å². The van der Waals surface area contributed by atoms with E-state index in [-0.39, 0.29) is 22.8 Å². The number of rotatable bonds is 10. The lowest BCUT2D eigenvalue weighted by Crippen LogP contribution is -2.25. The fraction of sp³-hybridized carbons (Fsp3) is 0.474. The first-order valence-electron chi connectivity index (χ1n) is 16.2. The third kappa shape index (κ3) is 7.19. The van der Waals surface area contributed by atoms with Crippen LogP contribution in [-0.2, 0) is 0 Å². The van der Waals surface area contributed by atoms with Gasteiger partial charge in [-0.25, -0.2) is 13.2 Å². The van der Waals surface area contributed by atoms with E-state index in [2.05, 4.69) is 26.0 Å². The van der Waals surface area contributed by atoms with Gasteiger partial charge in [0, 0.05) is 11.1 Å². The molecule has 0 N–H and O–H groups in total. The highest BCUT2D eigenvalue weighted by atomic mass is 19.2. The Morgan fingerprint density at radius 3 is 1.79 bits per heavy atom. The predicted octanol–water partition coefficient (Wildman–Crippen LogP) is 11.8. The number of halogens is 4. The first kappa shape index (κ1) is 31.3. The summed E-state index contributed by atoms with van der Waals surface area (Å²) in [7, 11) is 0. The number of hydrogen-bond donors (Lipinski definition) is 0. The van der Waals surface area contributed by atoms with Gasteiger partial charge in [-0.2, -0.15) is 4.39 Å². The number of ether oxygens (including phenoxy) is 1. The zero-order chi connectivity index (χ0) is 30.3. The maximum Gasteiger partial charge on any atom is 0.201 e. The molecule has 2 aliphatic rings. The number of benzene rings is 3.